The van der Waals surface area contributed by atoms with Crippen LogP contribution in [0.2, 0.25) is 0 Å². The van der Waals surface area contributed by atoms with Gasteiger partial charge in [0, 0.05) is 31.4 Å². The van der Waals surface area contributed by atoms with E-state index < -0.39 is 0 Å². The normalized spacial score (nSPS) is 11.1. The number of hydrogen-bond acceptors (Lipinski definition) is 1. The molecule has 0 unspecified atom stereocenters. The minimum atomic E-state index is 0.0479. The number of nitrogens with zero attached hydrogens (tertiary/aromatic N) is 2. The second-order valence-corrected chi connectivity index (χ2v) is 5.66. The third kappa shape index (κ3) is 4.41. The summed E-state index contributed by atoms with van der Waals surface area (Å²) in [5, 5.41) is 0. The average molecular weight is 264 g/mol. The Kier molecular flexibility index (Phi) is 6.13. The summed E-state index contributed by atoms with van der Waals surface area (Å²) in [6.07, 6.45) is 6.81. The molecule has 0 bridgehead atoms. The highest BCUT2D eigenvalue weighted by Gasteiger charge is 2.19. The van der Waals surface area contributed by atoms with Gasteiger partial charge in [0.15, 0.2) is 0 Å². The van der Waals surface area contributed by atoms with Crippen LogP contribution in [0.1, 0.15) is 52.1 Å². The van der Waals surface area contributed by atoms with Gasteiger partial charge in [-0.05, 0) is 19.4 Å². The van der Waals surface area contributed by atoms with E-state index in [2.05, 4.69) is 30.7 Å². The van der Waals surface area contributed by atoms with Crippen molar-refractivity contribution >= 4 is 11.6 Å². The fourth-order valence-electron chi connectivity index (χ4n) is 2.18. The minimum absolute atomic E-state index is 0.0479. The summed E-state index contributed by atoms with van der Waals surface area (Å²) in [6.45, 7) is 9.05. The Bertz CT molecular complexity index is 387. The van der Waals surface area contributed by atoms with E-state index in [1.54, 1.807) is 0 Å². The van der Waals surface area contributed by atoms with E-state index in [4.69, 9.17) is 0 Å². The van der Waals surface area contributed by atoms with Gasteiger partial charge in [-0.3, -0.25) is 4.79 Å². The number of unbranched alkanes of at least 4 members (excludes halogenated alkanes) is 3. The standard InChI is InChI=1S/C16H28N2O/c1-6-7-8-9-10-18(16(19)13(2)3)15-11-14(4)17(5)12-15/h11-13H,6-10H2,1-5H3. The van der Waals surface area contributed by atoms with E-state index in [0.717, 1.165) is 18.7 Å². The number of aromatic nitrogens is 1. The minimum Gasteiger partial charge on any atom is -0.353 e. The highest BCUT2D eigenvalue weighted by atomic mass is 16.2. The van der Waals surface area contributed by atoms with Gasteiger partial charge in [-0.1, -0.05) is 40.0 Å². The topological polar surface area (TPSA) is 25.2 Å². The molecule has 0 saturated heterocycles. The first-order valence-electron chi connectivity index (χ1n) is 7.41. The van der Waals surface area contributed by atoms with Crippen molar-refractivity contribution < 1.29 is 4.79 Å². The molecule has 0 aliphatic rings. The lowest BCUT2D eigenvalue weighted by atomic mass is 10.1. The first kappa shape index (κ1) is 15.8. The van der Waals surface area contributed by atoms with Gasteiger partial charge in [-0.25, -0.2) is 0 Å². The molecule has 0 aliphatic carbocycles. The molecule has 1 heterocycles. The Labute approximate surface area is 117 Å². The smallest absolute Gasteiger partial charge is 0.229 e. The van der Waals surface area contributed by atoms with Gasteiger partial charge >= 0.3 is 0 Å². The zero-order chi connectivity index (χ0) is 14.4. The number of carbonyl (C=O) groups is 1. The maximum Gasteiger partial charge on any atom is 0.229 e. The van der Waals surface area contributed by atoms with Gasteiger partial charge < -0.3 is 9.47 Å². The lowest BCUT2D eigenvalue weighted by Gasteiger charge is -2.23. The van der Waals surface area contributed by atoms with Crippen LogP contribution in [0.15, 0.2) is 12.3 Å². The Morgan fingerprint density at radius 2 is 2.00 bits per heavy atom. The molecule has 0 atom stereocenters. The van der Waals surface area contributed by atoms with Crippen molar-refractivity contribution in [2.24, 2.45) is 13.0 Å². The molecular formula is C16H28N2O. The van der Waals surface area contributed by atoms with Crippen LogP contribution < -0.4 is 4.90 Å². The summed E-state index contributed by atoms with van der Waals surface area (Å²) in [7, 11) is 2.02. The third-order valence-electron chi connectivity index (χ3n) is 3.55. The molecule has 3 nitrogen and oxygen atoms in total. The molecule has 0 fully saturated rings. The average Bonchev–Trinajstić information content (AvgIpc) is 2.68. The van der Waals surface area contributed by atoms with Crippen molar-refractivity contribution in [1.82, 2.24) is 4.57 Å². The molecule has 0 aliphatic heterocycles. The quantitative estimate of drug-likeness (QED) is 0.686. The molecule has 3 heteroatoms. The Morgan fingerprint density at radius 3 is 2.47 bits per heavy atom. The molecule has 0 saturated carbocycles. The molecule has 19 heavy (non-hydrogen) atoms. The molecule has 0 radical (unpaired) electrons. The maximum atomic E-state index is 12.3. The van der Waals surface area contributed by atoms with E-state index >= 15 is 0 Å². The fraction of sp³-hybridized carbons (Fsp3) is 0.688. The molecule has 108 valence electrons. The zero-order valence-electron chi connectivity index (χ0n) is 13.1. The Hall–Kier alpha value is -1.25. The van der Waals surface area contributed by atoms with Crippen molar-refractivity contribution in [2.75, 3.05) is 11.4 Å². The van der Waals surface area contributed by atoms with E-state index in [0.29, 0.717) is 0 Å². The van der Waals surface area contributed by atoms with Gasteiger partial charge in [0.25, 0.3) is 0 Å². The van der Waals surface area contributed by atoms with Crippen LogP contribution in [0.3, 0.4) is 0 Å². The number of rotatable bonds is 7. The van der Waals surface area contributed by atoms with Gasteiger partial charge in [0.05, 0.1) is 5.69 Å². The van der Waals surface area contributed by atoms with Gasteiger partial charge in [-0.15, -0.1) is 0 Å². The van der Waals surface area contributed by atoms with Gasteiger partial charge in [0.1, 0.15) is 0 Å². The molecule has 1 rings (SSSR count). The van der Waals surface area contributed by atoms with Crippen LogP contribution in [0.25, 0.3) is 0 Å². The third-order valence-corrected chi connectivity index (χ3v) is 3.55. The van der Waals surface area contributed by atoms with Crippen LogP contribution in [0.4, 0.5) is 5.69 Å². The van der Waals surface area contributed by atoms with Crippen LogP contribution in [-0.4, -0.2) is 17.0 Å². The summed E-state index contributed by atoms with van der Waals surface area (Å²) in [6, 6.07) is 2.10. The molecule has 1 aromatic heterocycles. The predicted molar refractivity (Wildman–Crippen MR) is 81.5 cm³/mol. The summed E-state index contributed by atoms with van der Waals surface area (Å²) in [4.78, 5) is 14.3. The number of hydrogen-bond donors (Lipinski definition) is 0. The first-order valence-corrected chi connectivity index (χ1v) is 7.41. The van der Waals surface area contributed by atoms with Gasteiger partial charge in [0.2, 0.25) is 5.91 Å². The number of carbonyl (C=O) groups excluding carboxylic acids is 1. The fourth-order valence-corrected chi connectivity index (χ4v) is 2.18. The van der Waals surface area contributed by atoms with Crippen molar-refractivity contribution in [2.45, 2.75) is 53.4 Å². The molecule has 0 aromatic carbocycles. The second kappa shape index (κ2) is 7.37. The van der Waals surface area contributed by atoms with E-state index in [9.17, 15) is 4.79 Å². The Balaban J connectivity index is 2.77. The monoisotopic (exact) mass is 264 g/mol. The first-order chi connectivity index (χ1) is 8.97. The molecule has 0 N–H and O–H groups in total. The molecule has 1 aromatic rings. The van der Waals surface area contributed by atoms with Crippen molar-refractivity contribution in [3.05, 3.63) is 18.0 Å². The lowest BCUT2D eigenvalue weighted by molar-refractivity contribution is -0.121. The highest BCUT2D eigenvalue weighted by Crippen LogP contribution is 2.20. The lowest BCUT2D eigenvalue weighted by Crippen LogP contribution is -2.35. The summed E-state index contributed by atoms with van der Waals surface area (Å²) < 4.78 is 2.07. The number of aryl methyl sites for hydroxylation is 2. The number of anilines is 1. The van der Waals surface area contributed by atoms with Gasteiger partial charge in [-0.2, -0.15) is 0 Å². The van der Waals surface area contributed by atoms with E-state index in [1.807, 2.05) is 25.8 Å². The van der Waals surface area contributed by atoms with Crippen molar-refractivity contribution in [3.8, 4) is 0 Å². The van der Waals surface area contributed by atoms with Crippen molar-refractivity contribution in [3.63, 3.8) is 0 Å². The predicted octanol–water partition coefficient (Wildman–Crippen LogP) is 3.90. The number of amides is 1. The van der Waals surface area contributed by atoms with Crippen LogP contribution in [0.5, 0.6) is 0 Å². The highest BCUT2D eigenvalue weighted by molar-refractivity contribution is 5.94. The molecular weight excluding hydrogens is 236 g/mol. The summed E-state index contributed by atoms with van der Waals surface area (Å²) in [5.41, 5.74) is 2.22. The maximum absolute atomic E-state index is 12.3. The van der Waals surface area contributed by atoms with Crippen LogP contribution in [-0.2, 0) is 11.8 Å². The Morgan fingerprint density at radius 1 is 1.32 bits per heavy atom. The van der Waals surface area contributed by atoms with E-state index in [1.165, 1.54) is 25.0 Å². The van der Waals surface area contributed by atoms with Crippen LogP contribution >= 0.6 is 0 Å². The van der Waals surface area contributed by atoms with Crippen LogP contribution in [0, 0.1) is 12.8 Å². The SMILES string of the molecule is CCCCCCN(C(=O)C(C)C)c1cc(C)n(C)c1. The zero-order valence-corrected chi connectivity index (χ0v) is 13.1. The molecule has 1 amide bonds. The summed E-state index contributed by atoms with van der Waals surface area (Å²) in [5.74, 6) is 0.272. The van der Waals surface area contributed by atoms with E-state index in [-0.39, 0.29) is 11.8 Å². The summed E-state index contributed by atoms with van der Waals surface area (Å²) >= 11 is 0. The second-order valence-electron chi connectivity index (χ2n) is 5.66. The van der Waals surface area contributed by atoms with Crippen molar-refractivity contribution in [1.29, 1.82) is 0 Å². The molecule has 0 spiro atoms. The largest absolute Gasteiger partial charge is 0.353 e.